The summed E-state index contributed by atoms with van der Waals surface area (Å²) in [6.45, 7) is 2.04. The van der Waals surface area contributed by atoms with Gasteiger partial charge in [-0.25, -0.2) is 0 Å². The lowest BCUT2D eigenvalue weighted by Gasteiger charge is -2.17. The van der Waals surface area contributed by atoms with Gasteiger partial charge in [0.15, 0.2) is 5.11 Å². The van der Waals surface area contributed by atoms with E-state index in [1.807, 2.05) is 43.3 Å². The van der Waals surface area contributed by atoms with Crippen molar-refractivity contribution < 1.29 is 0 Å². The Labute approximate surface area is 123 Å². The Morgan fingerprint density at radius 2 is 1.89 bits per heavy atom. The third-order valence-corrected chi connectivity index (χ3v) is 3.23. The van der Waals surface area contributed by atoms with Gasteiger partial charge in [-0.2, -0.15) is 0 Å². The molecule has 3 nitrogen and oxygen atoms in total. The number of benzene rings is 1. The van der Waals surface area contributed by atoms with E-state index in [2.05, 4.69) is 15.6 Å². The SMILES string of the molecule is CC(NC(=S)Nc1ccccc1Cl)c1ccncc1. The molecule has 0 aliphatic carbocycles. The second kappa shape index (κ2) is 6.50. The Morgan fingerprint density at radius 1 is 1.21 bits per heavy atom. The molecule has 2 aromatic rings. The third kappa shape index (κ3) is 3.91. The fourth-order valence-corrected chi connectivity index (χ4v) is 2.12. The van der Waals surface area contributed by atoms with Crippen LogP contribution in [0, 0.1) is 0 Å². The lowest BCUT2D eigenvalue weighted by Crippen LogP contribution is -2.30. The summed E-state index contributed by atoms with van der Waals surface area (Å²) < 4.78 is 0. The quantitative estimate of drug-likeness (QED) is 0.844. The molecule has 0 bridgehead atoms. The van der Waals surface area contributed by atoms with Crippen LogP contribution in [0.3, 0.4) is 0 Å². The minimum absolute atomic E-state index is 0.102. The summed E-state index contributed by atoms with van der Waals surface area (Å²) in [5.41, 5.74) is 1.92. The first kappa shape index (κ1) is 13.8. The number of hydrogen-bond acceptors (Lipinski definition) is 2. The van der Waals surface area contributed by atoms with Crippen LogP contribution in [0.15, 0.2) is 48.8 Å². The van der Waals surface area contributed by atoms with Gasteiger partial charge in [0.2, 0.25) is 0 Å². The molecule has 2 N–H and O–H groups in total. The van der Waals surface area contributed by atoms with E-state index in [9.17, 15) is 0 Å². The van der Waals surface area contributed by atoms with E-state index >= 15 is 0 Å². The van der Waals surface area contributed by atoms with Gasteiger partial charge >= 0.3 is 0 Å². The number of halogens is 1. The van der Waals surface area contributed by atoms with Crippen LogP contribution in [-0.2, 0) is 0 Å². The van der Waals surface area contributed by atoms with E-state index < -0.39 is 0 Å². The molecule has 0 spiro atoms. The monoisotopic (exact) mass is 291 g/mol. The van der Waals surface area contributed by atoms with Gasteiger partial charge in [0.25, 0.3) is 0 Å². The van der Waals surface area contributed by atoms with Crippen LogP contribution in [-0.4, -0.2) is 10.1 Å². The molecule has 0 fully saturated rings. The highest BCUT2D eigenvalue weighted by molar-refractivity contribution is 7.80. The zero-order chi connectivity index (χ0) is 13.7. The predicted octanol–water partition coefficient (Wildman–Crippen LogP) is 3.78. The average Bonchev–Trinajstić information content (AvgIpc) is 2.42. The first-order valence-electron chi connectivity index (χ1n) is 5.89. The molecule has 1 aromatic carbocycles. The molecule has 0 radical (unpaired) electrons. The van der Waals surface area contributed by atoms with Crippen molar-refractivity contribution >= 4 is 34.6 Å². The van der Waals surface area contributed by atoms with Crippen molar-refractivity contribution in [1.82, 2.24) is 10.3 Å². The predicted molar refractivity (Wildman–Crippen MR) is 83.5 cm³/mol. The van der Waals surface area contributed by atoms with Crippen molar-refractivity contribution in [3.8, 4) is 0 Å². The van der Waals surface area contributed by atoms with Crippen molar-refractivity contribution in [2.45, 2.75) is 13.0 Å². The zero-order valence-electron chi connectivity index (χ0n) is 10.4. The van der Waals surface area contributed by atoms with Gasteiger partial charge in [0.05, 0.1) is 16.8 Å². The number of rotatable bonds is 3. The molecule has 0 amide bonds. The maximum atomic E-state index is 6.06. The Bertz CT molecular complexity index is 560. The lowest BCUT2D eigenvalue weighted by atomic mass is 10.1. The Balaban J connectivity index is 1.97. The first-order valence-corrected chi connectivity index (χ1v) is 6.67. The molecule has 0 saturated heterocycles. The lowest BCUT2D eigenvalue weighted by molar-refractivity contribution is 0.721. The van der Waals surface area contributed by atoms with E-state index in [0.717, 1.165) is 11.3 Å². The number of aromatic nitrogens is 1. The minimum Gasteiger partial charge on any atom is -0.356 e. The van der Waals surface area contributed by atoms with Gasteiger partial charge in [-0.1, -0.05) is 23.7 Å². The molecule has 19 heavy (non-hydrogen) atoms. The van der Waals surface area contributed by atoms with Crippen LogP contribution in [0.4, 0.5) is 5.69 Å². The highest BCUT2D eigenvalue weighted by atomic mass is 35.5. The summed E-state index contributed by atoms with van der Waals surface area (Å²) in [7, 11) is 0. The normalized spacial score (nSPS) is 11.7. The number of thiocarbonyl (C=S) groups is 1. The fraction of sp³-hybridized carbons (Fsp3) is 0.143. The molecule has 2 rings (SSSR count). The molecule has 1 unspecified atom stereocenters. The van der Waals surface area contributed by atoms with E-state index in [4.69, 9.17) is 23.8 Å². The maximum Gasteiger partial charge on any atom is 0.171 e. The van der Waals surface area contributed by atoms with Gasteiger partial charge < -0.3 is 10.6 Å². The zero-order valence-corrected chi connectivity index (χ0v) is 12.0. The molecule has 98 valence electrons. The van der Waals surface area contributed by atoms with Crippen molar-refractivity contribution in [1.29, 1.82) is 0 Å². The summed E-state index contributed by atoms with van der Waals surface area (Å²) in [5.74, 6) is 0. The molecule has 0 aliphatic heterocycles. The second-order valence-electron chi connectivity index (χ2n) is 4.08. The number of nitrogens with zero attached hydrogens (tertiary/aromatic N) is 1. The first-order chi connectivity index (χ1) is 9.16. The highest BCUT2D eigenvalue weighted by Gasteiger charge is 2.07. The van der Waals surface area contributed by atoms with Crippen LogP contribution in [0.2, 0.25) is 5.02 Å². The topological polar surface area (TPSA) is 37.0 Å². The Kier molecular flexibility index (Phi) is 4.71. The fourth-order valence-electron chi connectivity index (χ4n) is 1.65. The summed E-state index contributed by atoms with van der Waals surface area (Å²) >= 11 is 11.3. The van der Waals surface area contributed by atoms with Crippen molar-refractivity contribution in [3.05, 3.63) is 59.4 Å². The van der Waals surface area contributed by atoms with Gasteiger partial charge in [0, 0.05) is 12.4 Å². The summed E-state index contributed by atoms with van der Waals surface area (Å²) in [4.78, 5) is 3.99. The molecule has 1 aromatic heterocycles. The largest absolute Gasteiger partial charge is 0.356 e. The van der Waals surface area contributed by atoms with Crippen molar-refractivity contribution in [3.63, 3.8) is 0 Å². The van der Waals surface area contributed by atoms with Crippen LogP contribution >= 0.6 is 23.8 Å². The molecular formula is C14H14ClN3S. The van der Waals surface area contributed by atoms with Gasteiger partial charge in [0.1, 0.15) is 0 Å². The van der Waals surface area contributed by atoms with Gasteiger partial charge in [-0.3, -0.25) is 4.98 Å². The Morgan fingerprint density at radius 3 is 2.58 bits per heavy atom. The number of nitrogens with one attached hydrogen (secondary N) is 2. The van der Waals surface area contributed by atoms with Crippen molar-refractivity contribution in [2.75, 3.05) is 5.32 Å². The van der Waals surface area contributed by atoms with Crippen LogP contribution < -0.4 is 10.6 Å². The Hall–Kier alpha value is -1.65. The molecular weight excluding hydrogens is 278 g/mol. The molecule has 0 aliphatic rings. The van der Waals surface area contributed by atoms with Crippen LogP contribution in [0.1, 0.15) is 18.5 Å². The smallest absolute Gasteiger partial charge is 0.171 e. The average molecular weight is 292 g/mol. The number of hydrogen-bond donors (Lipinski definition) is 2. The minimum atomic E-state index is 0.102. The third-order valence-electron chi connectivity index (χ3n) is 2.68. The molecule has 5 heteroatoms. The summed E-state index contributed by atoms with van der Waals surface area (Å²) in [6.07, 6.45) is 3.52. The van der Waals surface area contributed by atoms with Gasteiger partial charge in [-0.05, 0) is 49.0 Å². The van der Waals surface area contributed by atoms with Gasteiger partial charge in [-0.15, -0.1) is 0 Å². The summed E-state index contributed by atoms with van der Waals surface area (Å²) in [6, 6.07) is 11.5. The molecule has 1 heterocycles. The van der Waals surface area contributed by atoms with Crippen LogP contribution in [0.25, 0.3) is 0 Å². The van der Waals surface area contributed by atoms with E-state index in [1.54, 1.807) is 12.4 Å². The highest BCUT2D eigenvalue weighted by Crippen LogP contribution is 2.20. The summed E-state index contributed by atoms with van der Waals surface area (Å²) in [5, 5.41) is 7.47. The van der Waals surface area contributed by atoms with Crippen molar-refractivity contribution in [2.24, 2.45) is 0 Å². The number of anilines is 1. The van der Waals surface area contributed by atoms with E-state index in [0.29, 0.717) is 10.1 Å². The van der Waals surface area contributed by atoms with Crippen LogP contribution in [0.5, 0.6) is 0 Å². The molecule has 0 saturated carbocycles. The number of para-hydroxylation sites is 1. The molecule has 1 atom stereocenters. The van der Waals surface area contributed by atoms with E-state index in [1.165, 1.54) is 0 Å². The standard InChI is InChI=1S/C14H14ClN3S/c1-10(11-6-8-16-9-7-11)17-14(19)18-13-5-3-2-4-12(13)15/h2-10H,1H3,(H2,17,18,19). The number of pyridine rings is 1. The van der Waals surface area contributed by atoms with E-state index in [-0.39, 0.29) is 6.04 Å². The maximum absolute atomic E-state index is 6.06. The second-order valence-corrected chi connectivity index (χ2v) is 4.90.